The predicted molar refractivity (Wildman–Crippen MR) is 132 cm³/mol. The van der Waals surface area contributed by atoms with Crippen LogP contribution in [-0.2, 0) is 4.79 Å². The fourth-order valence-electron chi connectivity index (χ4n) is 3.13. The first kappa shape index (κ1) is 23.5. The predicted octanol–water partition coefficient (Wildman–Crippen LogP) is 4.43. The van der Waals surface area contributed by atoms with E-state index in [-0.39, 0.29) is 21.9 Å². The topological polar surface area (TPSA) is 85.6 Å². The molecule has 0 atom stereocenters. The number of hydrogen-bond acceptors (Lipinski definition) is 6. The fraction of sp³-hybridized carbons (Fsp3) is 0.0833. The van der Waals surface area contributed by atoms with E-state index in [4.69, 9.17) is 16.3 Å². The number of nitrogens with one attached hydrogen (secondary N) is 1. The molecule has 0 saturated carbocycles. The molecule has 1 amide bonds. The zero-order chi connectivity index (χ0) is 24.1. The summed E-state index contributed by atoms with van der Waals surface area (Å²) in [4.78, 5) is 30.2. The first-order valence-electron chi connectivity index (χ1n) is 10.0. The first-order valence-corrected chi connectivity index (χ1v) is 11.4. The molecule has 0 fully saturated rings. The fourth-order valence-corrected chi connectivity index (χ4v) is 4.15. The minimum absolute atomic E-state index is 0.0710. The molecular weight excluding hydrogens is 479 g/mol. The maximum absolute atomic E-state index is 13.8. The van der Waals surface area contributed by atoms with E-state index in [2.05, 4.69) is 15.5 Å². The Kier molecular flexibility index (Phi) is 7.24. The van der Waals surface area contributed by atoms with Crippen LogP contribution in [0.15, 0.2) is 81.8 Å². The Balaban J connectivity index is 1.57. The van der Waals surface area contributed by atoms with E-state index in [1.54, 1.807) is 55.6 Å². The Hall–Kier alpha value is -3.69. The van der Waals surface area contributed by atoms with Crippen molar-refractivity contribution in [2.75, 3.05) is 12.9 Å². The van der Waals surface area contributed by atoms with Crippen molar-refractivity contribution in [3.63, 3.8) is 0 Å². The number of nitrogens with zero attached hydrogens (tertiary/aromatic N) is 3. The molecule has 0 saturated heterocycles. The number of para-hydroxylation sites is 1. The highest BCUT2D eigenvalue weighted by molar-refractivity contribution is 7.99. The highest BCUT2D eigenvalue weighted by Gasteiger charge is 2.15. The van der Waals surface area contributed by atoms with E-state index in [1.165, 1.54) is 22.8 Å². The van der Waals surface area contributed by atoms with E-state index in [9.17, 15) is 14.0 Å². The van der Waals surface area contributed by atoms with Crippen LogP contribution in [0.4, 0.5) is 4.39 Å². The summed E-state index contributed by atoms with van der Waals surface area (Å²) < 4.78 is 20.5. The lowest BCUT2D eigenvalue weighted by Gasteiger charge is -2.13. The molecule has 1 aromatic heterocycles. The number of methoxy groups -OCH3 is 1. The van der Waals surface area contributed by atoms with Gasteiger partial charge in [-0.1, -0.05) is 41.6 Å². The first-order chi connectivity index (χ1) is 16.5. The monoisotopic (exact) mass is 496 g/mol. The number of carbonyl (C=O) groups is 1. The molecule has 0 aliphatic heterocycles. The molecule has 1 N–H and O–H groups in total. The van der Waals surface area contributed by atoms with Gasteiger partial charge in [-0.05, 0) is 48.5 Å². The largest absolute Gasteiger partial charge is 0.497 e. The maximum Gasteiger partial charge on any atom is 0.266 e. The van der Waals surface area contributed by atoms with Gasteiger partial charge in [0.05, 0.1) is 40.7 Å². The number of halogens is 2. The molecule has 1 heterocycles. The Morgan fingerprint density at radius 3 is 2.68 bits per heavy atom. The number of ether oxygens (including phenoxy) is 1. The Morgan fingerprint density at radius 2 is 1.94 bits per heavy atom. The lowest BCUT2D eigenvalue weighted by Crippen LogP contribution is -2.24. The number of hydrazone groups is 1. The highest BCUT2D eigenvalue weighted by atomic mass is 35.5. The summed E-state index contributed by atoms with van der Waals surface area (Å²) >= 11 is 7.02. The summed E-state index contributed by atoms with van der Waals surface area (Å²) in [5.41, 5.74) is 3.25. The number of benzene rings is 3. The van der Waals surface area contributed by atoms with Crippen LogP contribution in [0, 0.1) is 5.82 Å². The van der Waals surface area contributed by atoms with Gasteiger partial charge in [0.25, 0.3) is 11.5 Å². The van der Waals surface area contributed by atoms with Crippen LogP contribution in [0.1, 0.15) is 5.56 Å². The van der Waals surface area contributed by atoms with Gasteiger partial charge in [-0.25, -0.2) is 14.8 Å². The third kappa shape index (κ3) is 5.11. The summed E-state index contributed by atoms with van der Waals surface area (Å²) in [6.07, 6.45) is 1.14. The minimum atomic E-state index is -0.552. The van der Waals surface area contributed by atoms with Gasteiger partial charge in [-0.2, -0.15) is 5.10 Å². The number of fused-ring (bicyclic) bond motifs is 1. The van der Waals surface area contributed by atoms with Crippen LogP contribution in [0.3, 0.4) is 0 Å². The van der Waals surface area contributed by atoms with Crippen LogP contribution >= 0.6 is 23.4 Å². The maximum atomic E-state index is 13.8. The normalized spacial score (nSPS) is 11.1. The summed E-state index contributed by atoms with van der Waals surface area (Å²) in [7, 11) is 1.56. The zero-order valence-electron chi connectivity index (χ0n) is 17.9. The molecule has 4 rings (SSSR count). The van der Waals surface area contributed by atoms with Gasteiger partial charge in [-0.15, -0.1) is 0 Å². The number of carbonyl (C=O) groups excluding carboxylic acids is 1. The van der Waals surface area contributed by atoms with Crippen molar-refractivity contribution < 1.29 is 13.9 Å². The molecule has 0 radical (unpaired) electrons. The van der Waals surface area contributed by atoms with Crippen molar-refractivity contribution in [2.45, 2.75) is 5.16 Å². The third-order valence-corrected chi connectivity index (χ3v) is 6.06. The van der Waals surface area contributed by atoms with Crippen molar-refractivity contribution in [3.8, 4) is 11.4 Å². The van der Waals surface area contributed by atoms with Gasteiger partial charge in [0.2, 0.25) is 0 Å². The van der Waals surface area contributed by atoms with Crippen LogP contribution in [-0.4, -0.2) is 34.5 Å². The Morgan fingerprint density at radius 1 is 1.18 bits per heavy atom. The van der Waals surface area contributed by atoms with Gasteiger partial charge in [0.15, 0.2) is 5.16 Å². The van der Waals surface area contributed by atoms with Gasteiger partial charge >= 0.3 is 0 Å². The van der Waals surface area contributed by atoms with E-state index in [0.29, 0.717) is 27.5 Å². The van der Waals surface area contributed by atoms with E-state index in [1.807, 2.05) is 0 Å². The molecule has 172 valence electrons. The smallest absolute Gasteiger partial charge is 0.266 e. The van der Waals surface area contributed by atoms with Gasteiger partial charge < -0.3 is 4.74 Å². The molecule has 4 aromatic rings. The molecule has 3 aromatic carbocycles. The molecule has 7 nitrogen and oxygen atoms in total. The number of hydrogen-bond donors (Lipinski definition) is 1. The molecule has 0 unspecified atom stereocenters. The van der Waals surface area contributed by atoms with Crippen LogP contribution in [0.2, 0.25) is 5.02 Å². The number of thioether (sulfide) groups is 1. The number of rotatable bonds is 7. The van der Waals surface area contributed by atoms with Crippen LogP contribution in [0.5, 0.6) is 5.75 Å². The van der Waals surface area contributed by atoms with Gasteiger partial charge in [-0.3, -0.25) is 14.2 Å². The summed E-state index contributed by atoms with van der Waals surface area (Å²) in [6, 6.07) is 18.2. The van der Waals surface area contributed by atoms with E-state index >= 15 is 0 Å². The van der Waals surface area contributed by atoms with Crippen molar-refractivity contribution in [1.29, 1.82) is 0 Å². The molecule has 0 spiro atoms. The van der Waals surface area contributed by atoms with E-state index in [0.717, 1.165) is 18.0 Å². The summed E-state index contributed by atoms with van der Waals surface area (Å²) in [5, 5.41) is 4.75. The van der Waals surface area contributed by atoms with Crippen molar-refractivity contribution >= 4 is 46.4 Å². The Labute approximate surface area is 203 Å². The second-order valence-corrected chi connectivity index (χ2v) is 8.32. The number of aromatic nitrogens is 2. The summed E-state index contributed by atoms with van der Waals surface area (Å²) in [6.45, 7) is 0. The van der Waals surface area contributed by atoms with Crippen LogP contribution < -0.4 is 15.7 Å². The molecule has 0 aliphatic carbocycles. The Bertz CT molecular complexity index is 1420. The lowest BCUT2D eigenvalue weighted by molar-refractivity contribution is -0.118. The highest BCUT2D eigenvalue weighted by Crippen LogP contribution is 2.23. The minimum Gasteiger partial charge on any atom is -0.497 e. The second-order valence-electron chi connectivity index (χ2n) is 6.97. The van der Waals surface area contributed by atoms with Crippen molar-refractivity contribution in [2.24, 2.45) is 5.10 Å². The quantitative estimate of drug-likeness (QED) is 0.177. The molecular formula is C24H18ClFN4O3S. The summed E-state index contributed by atoms with van der Waals surface area (Å²) in [5.74, 6) is -0.448. The average molecular weight is 497 g/mol. The lowest BCUT2D eigenvalue weighted by atomic mass is 10.2. The average Bonchev–Trinajstić information content (AvgIpc) is 2.85. The SMILES string of the molecule is COc1ccc(-n2c(SCC(=O)N/N=C\c3c(F)cccc3Cl)nc3ccccc3c2=O)cc1. The molecule has 10 heteroatoms. The number of amides is 1. The molecule has 0 bridgehead atoms. The second kappa shape index (κ2) is 10.5. The van der Waals surface area contributed by atoms with Gasteiger partial charge in [0.1, 0.15) is 11.6 Å². The third-order valence-electron chi connectivity index (χ3n) is 4.79. The zero-order valence-corrected chi connectivity index (χ0v) is 19.4. The van der Waals surface area contributed by atoms with Crippen molar-refractivity contribution in [3.05, 3.63) is 93.5 Å². The van der Waals surface area contributed by atoms with Crippen LogP contribution in [0.25, 0.3) is 16.6 Å². The van der Waals surface area contributed by atoms with Gasteiger partial charge in [0, 0.05) is 5.56 Å². The van der Waals surface area contributed by atoms with Crippen molar-refractivity contribution in [1.82, 2.24) is 15.0 Å². The molecule has 0 aliphatic rings. The molecule has 34 heavy (non-hydrogen) atoms. The van der Waals surface area contributed by atoms with E-state index < -0.39 is 11.7 Å². The standard InChI is InChI=1S/C24H18ClFN4O3S/c1-33-16-11-9-15(10-12-16)30-23(32)17-5-2-3-8-21(17)28-24(30)34-14-22(31)29-27-13-18-19(25)6-4-7-20(18)26/h2-13H,14H2,1H3,(H,29,31)/b27-13-.